The minimum Gasteiger partial charge on any atom is -0.491 e. The molecule has 3 aliphatic rings. The molecule has 7 unspecified atom stereocenters. The summed E-state index contributed by atoms with van der Waals surface area (Å²) in [6.07, 6.45) is -4.00. The van der Waals surface area contributed by atoms with Gasteiger partial charge in [0.25, 0.3) is 0 Å². The number of rotatable bonds is 13. The molecule has 3 aliphatic heterocycles. The first-order valence-electron chi connectivity index (χ1n) is 19.1. The number of carbonyl (C=O) groups excluding carboxylic acids is 1. The average Bonchev–Trinajstić information content (AvgIpc) is 3.87. The highest BCUT2D eigenvalue weighted by Gasteiger charge is 2.46. The molecular formula is C38H48N10O11S. The van der Waals surface area contributed by atoms with Crippen LogP contribution < -0.4 is 20.3 Å². The Morgan fingerprint density at radius 1 is 1.00 bits per heavy atom. The molecule has 322 valence electrons. The Morgan fingerprint density at radius 3 is 2.55 bits per heavy atom. The monoisotopic (exact) mass is 852 g/mol. The number of imidazole rings is 1. The molecule has 21 nitrogen and oxygen atoms in total. The molecule has 1 amide bonds. The Balaban J connectivity index is 0.851. The fourth-order valence-electron chi connectivity index (χ4n) is 7.57. The van der Waals surface area contributed by atoms with Crippen LogP contribution in [0.1, 0.15) is 59.6 Å². The third-order valence-electron chi connectivity index (χ3n) is 10.5. The number of nitrogens with zero attached hydrogens (tertiary/aromatic N) is 8. The van der Waals surface area contributed by atoms with Gasteiger partial charge in [-0.2, -0.15) is 0 Å². The minimum atomic E-state index is -3.71. The van der Waals surface area contributed by atoms with Gasteiger partial charge >= 0.3 is 0 Å². The minimum absolute atomic E-state index is 0.0182. The Bertz CT molecular complexity index is 2370. The molecule has 0 radical (unpaired) electrons. The predicted molar refractivity (Wildman–Crippen MR) is 211 cm³/mol. The van der Waals surface area contributed by atoms with Gasteiger partial charge in [-0.25, -0.2) is 27.9 Å². The fraction of sp³-hybridized carbons (Fsp3) is 0.474. The van der Waals surface area contributed by atoms with Crippen LogP contribution in [0.25, 0.3) is 0 Å². The molecule has 7 atom stereocenters. The van der Waals surface area contributed by atoms with Crippen molar-refractivity contribution in [3.8, 4) is 17.6 Å². The number of aromatic nitrogens is 5. The first-order chi connectivity index (χ1) is 28.6. The maximum Gasteiger partial charge on any atom is 0.230 e. The van der Waals surface area contributed by atoms with Gasteiger partial charge in [0.2, 0.25) is 20.9 Å². The SMILES string of the molecule is CN1C(O)c2c(nc(S(C)(=O)=O)n2C)N(CC#Cc2cccc(OCCOCCn3cc(CC(=O)Nc4cccc5c4C(O)N(C4CCC(O)NC4O)C5O)nn3)c2)C1O. The molecule has 60 heavy (non-hydrogen) atoms. The van der Waals surface area contributed by atoms with Gasteiger partial charge in [0.1, 0.15) is 43.0 Å². The molecule has 22 heteroatoms. The summed E-state index contributed by atoms with van der Waals surface area (Å²) in [5.41, 5.74) is 2.30. The highest BCUT2D eigenvalue weighted by Crippen LogP contribution is 2.45. The number of hydrogen-bond donors (Lipinski definition) is 8. The highest BCUT2D eigenvalue weighted by atomic mass is 32.2. The fourth-order valence-corrected chi connectivity index (χ4v) is 8.42. The number of anilines is 2. The first kappa shape index (κ1) is 43.1. The van der Waals surface area contributed by atoms with E-state index in [-0.39, 0.29) is 42.8 Å². The van der Waals surface area contributed by atoms with Crippen molar-refractivity contribution in [3.05, 3.63) is 76.7 Å². The second-order valence-electron chi connectivity index (χ2n) is 14.7. The summed E-state index contributed by atoms with van der Waals surface area (Å²) >= 11 is 0. The Labute approximate surface area is 345 Å². The van der Waals surface area contributed by atoms with Gasteiger partial charge in [-0.3, -0.25) is 10.1 Å². The van der Waals surface area contributed by atoms with E-state index in [9.17, 15) is 43.9 Å². The predicted octanol–water partition coefficient (Wildman–Crippen LogP) is -1.55. The van der Waals surface area contributed by atoms with Crippen molar-refractivity contribution in [2.45, 2.75) is 74.5 Å². The molecule has 8 N–H and O–H groups in total. The van der Waals surface area contributed by atoms with Gasteiger partial charge in [0.15, 0.2) is 18.4 Å². The number of amides is 1. The van der Waals surface area contributed by atoms with Crippen LogP contribution >= 0.6 is 0 Å². The van der Waals surface area contributed by atoms with Crippen molar-refractivity contribution in [3.63, 3.8) is 0 Å². The van der Waals surface area contributed by atoms with Gasteiger partial charge in [0.05, 0.1) is 44.5 Å². The smallest absolute Gasteiger partial charge is 0.230 e. The molecule has 0 saturated carbocycles. The van der Waals surface area contributed by atoms with E-state index >= 15 is 0 Å². The van der Waals surface area contributed by atoms with E-state index in [2.05, 4.69) is 37.8 Å². The third kappa shape index (κ3) is 9.02. The van der Waals surface area contributed by atoms with Crippen LogP contribution in [0.5, 0.6) is 5.75 Å². The molecule has 2 aromatic carbocycles. The van der Waals surface area contributed by atoms with Gasteiger partial charge < -0.3 is 54.9 Å². The maximum absolute atomic E-state index is 13.0. The molecule has 7 rings (SSSR count). The van der Waals surface area contributed by atoms with Crippen LogP contribution in [0, 0.1) is 11.8 Å². The van der Waals surface area contributed by atoms with Gasteiger partial charge in [-0.05, 0) is 44.2 Å². The van der Waals surface area contributed by atoms with E-state index < -0.39 is 59.3 Å². The number of ether oxygens (including phenoxy) is 2. The van der Waals surface area contributed by atoms with Crippen LogP contribution in [-0.2, 0) is 39.4 Å². The zero-order chi connectivity index (χ0) is 42.9. The molecule has 4 aromatic rings. The summed E-state index contributed by atoms with van der Waals surface area (Å²) in [6, 6.07) is 11.3. The normalized spacial score (nSPS) is 24.4. The standard InChI is InChI=1S/C38H48N10O11S/c1-44-31-32(41-37(44)60(3,56)57)47(38(55)45(2)36(31)54)14-6-8-22-7-4-9-24(19-22)59-18-17-58-16-15-46-21-23(42-43-46)20-29(50)39-26-11-5-10-25-30(26)35(53)48(34(25)52)27-12-13-28(49)40-33(27)51/h4-5,7,9-11,19,21,27-28,33-36,38,40,49,51-55H,12-18,20H2,1-3H3,(H,39,50). The van der Waals surface area contributed by atoms with E-state index in [1.165, 1.54) is 33.4 Å². The van der Waals surface area contributed by atoms with E-state index in [1.54, 1.807) is 53.3 Å². The van der Waals surface area contributed by atoms with Crippen molar-refractivity contribution in [2.75, 3.05) is 49.9 Å². The lowest BCUT2D eigenvalue weighted by atomic mass is 10.0. The lowest BCUT2D eigenvalue weighted by Gasteiger charge is -2.40. The topological polar surface area (TPSA) is 273 Å². The third-order valence-corrected chi connectivity index (χ3v) is 11.6. The second-order valence-corrected chi connectivity index (χ2v) is 16.6. The van der Waals surface area contributed by atoms with Crippen molar-refractivity contribution in [1.29, 1.82) is 0 Å². The molecule has 0 spiro atoms. The summed E-state index contributed by atoms with van der Waals surface area (Å²) in [7, 11) is -0.724. The number of piperidine rings is 1. The summed E-state index contributed by atoms with van der Waals surface area (Å²) in [5, 5.41) is 77.4. The van der Waals surface area contributed by atoms with Crippen LogP contribution in [0.15, 0.2) is 53.8 Å². The van der Waals surface area contributed by atoms with Crippen LogP contribution in [-0.4, -0.2) is 144 Å². The Morgan fingerprint density at radius 2 is 1.78 bits per heavy atom. The Hall–Kier alpha value is -5.03. The summed E-state index contributed by atoms with van der Waals surface area (Å²) in [5.74, 6) is 6.27. The van der Waals surface area contributed by atoms with Crippen molar-refractivity contribution < 1.29 is 53.3 Å². The number of fused-ring (bicyclic) bond motifs is 2. The summed E-state index contributed by atoms with van der Waals surface area (Å²) < 4.78 is 38.9. The summed E-state index contributed by atoms with van der Waals surface area (Å²) in [6.45, 7) is 1.15. The van der Waals surface area contributed by atoms with Crippen LogP contribution in [0.3, 0.4) is 0 Å². The number of hydrogen-bond acceptors (Lipinski definition) is 18. The molecule has 1 saturated heterocycles. The largest absolute Gasteiger partial charge is 0.491 e. The molecule has 2 aromatic heterocycles. The summed E-state index contributed by atoms with van der Waals surface area (Å²) in [4.78, 5) is 21.3. The lowest BCUT2D eigenvalue weighted by Crippen LogP contribution is -2.57. The zero-order valence-electron chi connectivity index (χ0n) is 33.0. The van der Waals surface area contributed by atoms with Gasteiger partial charge in [-0.15, -0.1) is 5.10 Å². The molecule has 1 fully saturated rings. The van der Waals surface area contributed by atoms with E-state index in [0.29, 0.717) is 59.8 Å². The Kier molecular flexibility index (Phi) is 12.9. The molecule has 0 aliphatic carbocycles. The van der Waals surface area contributed by atoms with Crippen molar-refractivity contribution in [2.24, 2.45) is 7.05 Å². The number of sulfone groups is 1. The average molecular weight is 853 g/mol. The van der Waals surface area contributed by atoms with E-state index in [0.717, 1.165) is 6.26 Å². The number of aliphatic hydroxyl groups excluding tert-OH is 6. The first-order valence-corrected chi connectivity index (χ1v) is 21.0. The maximum atomic E-state index is 13.0. The number of carbonyl (C=O) groups is 1. The van der Waals surface area contributed by atoms with Gasteiger partial charge in [-0.1, -0.05) is 35.3 Å². The van der Waals surface area contributed by atoms with Crippen molar-refractivity contribution in [1.82, 2.24) is 39.7 Å². The molecular weight excluding hydrogens is 805 g/mol. The zero-order valence-corrected chi connectivity index (χ0v) is 33.8. The number of aliphatic hydroxyl groups is 6. The van der Waals surface area contributed by atoms with E-state index in [4.69, 9.17) is 9.47 Å². The number of benzene rings is 2. The van der Waals surface area contributed by atoms with E-state index in [1.807, 2.05) is 0 Å². The quantitative estimate of drug-likeness (QED) is 0.0559. The lowest BCUT2D eigenvalue weighted by molar-refractivity contribution is -0.158. The van der Waals surface area contributed by atoms with Gasteiger partial charge in [0, 0.05) is 41.9 Å². The molecule has 5 heterocycles. The molecule has 0 bridgehead atoms. The second kappa shape index (κ2) is 17.9. The highest BCUT2D eigenvalue weighted by molar-refractivity contribution is 7.90. The number of nitrogens with one attached hydrogen (secondary N) is 2. The van der Waals surface area contributed by atoms with Crippen molar-refractivity contribution >= 4 is 27.2 Å². The van der Waals surface area contributed by atoms with Crippen LogP contribution in [0.4, 0.5) is 11.5 Å². The van der Waals surface area contributed by atoms with Crippen LogP contribution in [0.2, 0.25) is 0 Å².